The number of amides is 4. The van der Waals surface area contributed by atoms with Gasteiger partial charge in [-0.15, -0.1) is 0 Å². The predicted octanol–water partition coefficient (Wildman–Crippen LogP) is 2.70. The van der Waals surface area contributed by atoms with Crippen molar-refractivity contribution in [3.63, 3.8) is 0 Å². The lowest BCUT2D eigenvalue weighted by atomic mass is 10.0. The minimum atomic E-state index is -1.22. The topological polar surface area (TPSA) is 143 Å². The van der Waals surface area contributed by atoms with Crippen LogP contribution in [0, 0.1) is 6.92 Å². The Morgan fingerprint density at radius 3 is 2.51 bits per heavy atom. The predicted molar refractivity (Wildman–Crippen MR) is 137 cm³/mol. The number of ether oxygens (including phenoxy) is 1. The first-order valence-electron chi connectivity index (χ1n) is 11.6. The summed E-state index contributed by atoms with van der Waals surface area (Å²) in [5.74, 6) is -0.147. The number of rotatable bonds is 7. The van der Waals surface area contributed by atoms with Gasteiger partial charge in [0.2, 0.25) is 0 Å². The maximum absolute atomic E-state index is 13.8. The first kappa shape index (κ1) is 26.0. The van der Waals surface area contributed by atoms with Gasteiger partial charge in [-0.2, -0.15) is 0 Å². The van der Waals surface area contributed by atoms with E-state index in [2.05, 4.69) is 15.8 Å². The number of carbonyl (C=O) groups is 3. The lowest BCUT2D eigenvalue weighted by Gasteiger charge is -2.29. The molecule has 4 rings (SSSR count). The van der Waals surface area contributed by atoms with Gasteiger partial charge in [0, 0.05) is 37.4 Å². The van der Waals surface area contributed by atoms with E-state index in [1.54, 1.807) is 62.6 Å². The lowest BCUT2D eigenvalue weighted by Crippen LogP contribution is -2.55. The number of hydrogen-bond acceptors (Lipinski definition) is 7. The number of nitrogens with zero attached hydrogens (tertiary/aromatic N) is 3. The molecule has 0 aliphatic carbocycles. The summed E-state index contributed by atoms with van der Waals surface area (Å²) in [6, 6.07) is 13.1. The van der Waals surface area contributed by atoms with E-state index < -0.39 is 24.0 Å². The number of nitrogens with one attached hydrogen (secondary N) is 2. The number of nitrogens with two attached hydrogens (primary N) is 1. The van der Waals surface area contributed by atoms with E-state index in [0.717, 1.165) is 0 Å². The number of hydrogen-bond donors (Lipinski definition) is 3. The molecule has 0 radical (unpaired) electrons. The minimum absolute atomic E-state index is 0.113. The van der Waals surface area contributed by atoms with Crippen LogP contribution in [-0.4, -0.2) is 72.3 Å². The van der Waals surface area contributed by atoms with Gasteiger partial charge < -0.3 is 30.5 Å². The van der Waals surface area contributed by atoms with Gasteiger partial charge in [0.1, 0.15) is 22.8 Å². The highest BCUT2D eigenvalue weighted by Gasteiger charge is 2.44. The molecule has 0 saturated carbocycles. The molecule has 2 heterocycles. The van der Waals surface area contributed by atoms with Gasteiger partial charge in [0.25, 0.3) is 11.8 Å². The normalized spacial score (nSPS) is 15.0. The SMILES string of the molecule is COc1ccc(NC(=O)N2CCN(C(=O)c3c(-c4ccccc4Cl)noc3C)C2C(=O)NCCN)cc1. The Morgan fingerprint density at radius 1 is 1.14 bits per heavy atom. The second-order valence-electron chi connectivity index (χ2n) is 8.25. The van der Waals surface area contributed by atoms with Crippen molar-refractivity contribution in [1.82, 2.24) is 20.3 Å². The van der Waals surface area contributed by atoms with Crippen LogP contribution >= 0.6 is 11.6 Å². The highest BCUT2D eigenvalue weighted by Crippen LogP contribution is 2.33. The number of aromatic nitrogens is 1. The molecule has 1 saturated heterocycles. The largest absolute Gasteiger partial charge is 0.497 e. The molecular weight excluding hydrogens is 500 g/mol. The number of halogens is 1. The van der Waals surface area contributed by atoms with Crippen molar-refractivity contribution in [3.05, 3.63) is 64.9 Å². The smallest absolute Gasteiger partial charge is 0.323 e. The molecule has 2 aromatic carbocycles. The van der Waals surface area contributed by atoms with Gasteiger partial charge in [0.05, 0.1) is 12.1 Å². The fraction of sp³-hybridized carbons (Fsp3) is 0.280. The summed E-state index contributed by atoms with van der Waals surface area (Å²) < 4.78 is 10.5. The van der Waals surface area contributed by atoms with Gasteiger partial charge in [-0.25, -0.2) is 4.79 Å². The van der Waals surface area contributed by atoms with Gasteiger partial charge in [-0.05, 0) is 37.3 Å². The Balaban J connectivity index is 1.64. The van der Waals surface area contributed by atoms with Crippen molar-refractivity contribution in [2.75, 3.05) is 38.6 Å². The van der Waals surface area contributed by atoms with Crippen LogP contribution in [0.25, 0.3) is 11.3 Å². The van der Waals surface area contributed by atoms with Gasteiger partial charge in [-0.3, -0.25) is 14.5 Å². The number of methoxy groups -OCH3 is 1. The fourth-order valence-electron chi connectivity index (χ4n) is 4.10. The van der Waals surface area contributed by atoms with E-state index >= 15 is 0 Å². The third-order valence-electron chi connectivity index (χ3n) is 5.92. The molecule has 4 amide bonds. The molecule has 1 atom stereocenters. The van der Waals surface area contributed by atoms with Crippen LogP contribution in [0.4, 0.5) is 10.5 Å². The number of carbonyl (C=O) groups excluding carboxylic acids is 3. The van der Waals surface area contributed by atoms with Crippen LogP contribution in [0.2, 0.25) is 5.02 Å². The second-order valence-corrected chi connectivity index (χ2v) is 8.65. The first-order valence-corrected chi connectivity index (χ1v) is 11.9. The van der Waals surface area contributed by atoms with Gasteiger partial charge in [0.15, 0.2) is 6.17 Å². The maximum atomic E-state index is 13.8. The number of benzene rings is 2. The van der Waals surface area contributed by atoms with Crippen LogP contribution in [0.15, 0.2) is 53.1 Å². The third kappa shape index (κ3) is 5.37. The third-order valence-corrected chi connectivity index (χ3v) is 6.25. The van der Waals surface area contributed by atoms with Crippen molar-refractivity contribution in [2.24, 2.45) is 5.73 Å². The van der Waals surface area contributed by atoms with E-state index in [9.17, 15) is 14.4 Å². The standard InChI is InChI=1S/C25H27ClN6O5/c1-15-20(21(30-37-15)18-5-3-4-6-19(18)26)24(34)31-13-14-32(23(31)22(33)28-12-11-27)25(35)29-16-7-9-17(36-2)10-8-16/h3-10,23H,11-14,27H2,1-2H3,(H,28,33)(H,29,35). The summed E-state index contributed by atoms with van der Waals surface area (Å²) in [5.41, 5.74) is 7.00. The fourth-order valence-corrected chi connectivity index (χ4v) is 4.32. The number of aryl methyl sites for hydroxylation is 1. The van der Waals surface area contributed by atoms with E-state index in [1.807, 2.05) is 0 Å². The molecule has 3 aromatic rings. The van der Waals surface area contributed by atoms with Crippen LogP contribution in [0.1, 0.15) is 16.1 Å². The Hall–Kier alpha value is -4.09. The Bertz CT molecular complexity index is 1290. The quantitative estimate of drug-likeness (QED) is 0.429. The van der Waals surface area contributed by atoms with Gasteiger partial charge >= 0.3 is 6.03 Å². The molecule has 37 heavy (non-hydrogen) atoms. The van der Waals surface area contributed by atoms with Crippen molar-refractivity contribution < 1.29 is 23.6 Å². The average molecular weight is 527 g/mol. The zero-order chi connectivity index (χ0) is 26.5. The van der Waals surface area contributed by atoms with E-state index in [0.29, 0.717) is 22.0 Å². The van der Waals surface area contributed by atoms with Crippen molar-refractivity contribution >= 4 is 35.1 Å². The summed E-state index contributed by atoms with van der Waals surface area (Å²) in [6.07, 6.45) is -1.22. The Morgan fingerprint density at radius 2 is 1.84 bits per heavy atom. The van der Waals surface area contributed by atoms with Crippen LogP contribution in [0.5, 0.6) is 5.75 Å². The van der Waals surface area contributed by atoms with Crippen molar-refractivity contribution in [2.45, 2.75) is 13.1 Å². The number of urea groups is 1. The van der Waals surface area contributed by atoms with E-state index in [4.69, 9.17) is 26.6 Å². The molecule has 1 unspecified atom stereocenters. The molecule has 11 nitrogen and oxygen atoms in total. The first-order chi connectivity index (χ1) is 17.8. The molecular formula is C25H27ClN6O5. The Kier molecular flexibility index (Phi) is 7.95. The van der Waals surface area contributed by atoms with E-state index in [1.165, 1.54) is 9.80 Å². The summed E-state index contributed by atoms with van der Waals surface area (Å²) in [7, 11) is 1.54. The van der Waals surface area contributed by atoms with Crippen LogP contribution < -0.4 is 21.1 Å². The summed E-state index contributed by atoms with van der Waals surface area (Å²) in [6.45, 7) is 2.23. The second kappa shape index (κ2) is 11.3. The molecule has 1 fully saturated rings. The molecule has 1 aliphatic heterocycles. The molecule has 0 spiro atoms. The van der Waals surface area contributed by atoms with Crippen molar-refractivity contribution in [1.29, 1.82) is 0 Å². The van der Waals surface area contributed by atoms with Gasteiger partial charge in [-0.1, -0.05) is 35.0 Å². The minimum Gasteiger partial charge on any atom is -0.497 e. The molecule has 1 aromatic heterocycles. The summed E-state index contributed by atoms with van der Waals surface area (Å²) >= 11 is 6.35. The zero-order valence-corrected chi connectivity index (χ0v) is 21.1. The number of anilines is 1. The molecule has 12 heteroatoms. The maximum Gasteiger partial charge on any atom is 0.323 e. The monoisotopic (exact) mass is 526 g/mol. The van der Waals surface area contributed by atoms with E-state index in [-0.39, 0.29) is 43.2 Å². The molecule has 1 aliphatic rings. The summed E-state index contributed by atoms with van der Waals surface area (Å²) in [5, 5.41) is 9.90. The Labute approximate surface area is 218 Å². The zero-order valence-electron chi connectivity index (χ0n) is 20.4. The lowest BCUT2D eigenvalue weighted by molar-refractivity contribution is -0.127. The molecule has 4 N–H and O–H groups in total. The van der Waals surface area contributed by atoms with Crippen LogP contribution in [-0.2, 0) is 4.79 Å². The molecule has 194 valence electrons. The summed E-state index contributed by atoms with van der Waals surface area (Å²) in [4.78, 5) is 42.8. The van der Waals surface area contributed by atoms with Crippen LogP contribution in [0.3, 0.4) is 0 Å². The highest BCUT2D eigenvalue weighted by molar-refractivity contribution is 6.33. The average Bonchev–Trinajstić information content (AvgIpc) is 3.52. The molecule has 0 bridgehead atoms. The highest BCUT2D eigenvalue weighted by atomic mass is 35.5. The van der Waals surface area contributed by atoms with Crippen molar-refractivity contribution in [3.8, 4) is 17.0 Å².